The number of carbonyl (C=O) groups is 4. The molecule has 0 saturated carbocycles. The van der Waals surface area contributed by atoms with E-state index in [2.05, 4.69) is 61.9 Å². The summed E-state index contributed by atoms with van der Waals surface area (Å²) in [7, 11) is 0. The van der Waals surface area contributed by atoms with Crippen LogP contribution in [0.5, 0.6) is 0 Å². The van der Waals surface area contributed by atoms with E-state index in [0.29, 0.717) is 75.0 Å². The molecule has 50 heavy (non-hydrogen) atoms. The van der Waals surface area contributed by atoms with Gasteiger partial charge in [-0.1, -0.05) is 32.4 Å². The number of benzene rings is 2. The van der Waals surface area contributed by atoms with Crippen LogP contribution in [0.1, 0.15) is 61.9 Å². The van der Waals surface area contributed by atoms with Crippen molar-refractivity contribution in [1.82, 2.24) is 35.3 Å². The lowest BCUT2D eigenvalue weighted by molar-refractivity contribution is -0.133. The lowest BCUT2D eigenvalue weighted by Gasteiger charge is -2.36. The minimum atomic E-state index is -0.687. The number of nitrogens with one attached hydrogen (secondary N) is 4. The summed E-state index contributed by atoms with van der Waals surface area (Å²) in [6.45, 7) is 11.3. The molecule has 2 bridgehead atoms. The molecule has 3 heterocycles. The number of piperazine rings is 1. The maximum absolute atomic E-state index is 13.7. The first-order valence-electron chi connectivity index (χ1n) is 18.0. The van der Waals surface area contributed by atoms with Gasteiger partial charge in [0.25, 0.3) is 5.91 Å². The number of hydrogen-bond acceptors (Lipinski definition) is 7. The van der Waals surface area contributed by atoms with E-state index in [4.69, 9.17) is 0 Å². The van der Waals surface area contributed by atoms with Gasteiger partial charge in [-0.2, -0.15) is 0 Å². The number of rotatable bonds is 5. The first kappa shape index (κ1) is 36.6. The van der Waals surface area contributed by atoms with E-state index in [9.17, 15) is 24.0 Å². The van der Waals surface area contributed by atoms with Crippen LogP contribution in [0.3, 0.4) is 0 Å². The topological polar surface area (TPSA) is 152 Å². The average molecular weight is 689 g/mol. The summed E-state index contributed by atoms with van der Waals surface area (Å²) in [5.41, 5.74) is 3.80. The van der Waals surface area contributed by atoms with Gasteiger partial charge < -0.3 is 30.7 Å². The Morgan fingerprint density at radius 2 is 1.62 bits per heavy atom. The Hall–Kier alpha value is -4.65. The highest BCUT2D eigenvalue weighted by atomic mass is 16.2. The van der Waals surface area contributed by atoms with Crippen LogP contribution in [-0.2, 0) is 20.9 Å². The molecule has 1 fully saturated rings. The fourth-order valence-electron chi connectivity index (χ4n) is 6.67. The third kappa shape index (κ3) is 9.52. The number of imidazole rings is 1. The van der Waals surface area contributed by atoms with Crippen LogP contribution in [0.25, 0.3) is 11.0 Å². The number of fused-ring (bicyclic) bond motifs is 1. The number of aromatic amines is 1. The molecule has 3 aromatic rings. The summed E-state index contributed by atoms with van der Waals surface area (Å²) < 4.78 is 1.57. The van der Waals surface area contributed by atoms with Crippen molar-refractivity contribution in [2.45, 2.75) is 65.5 Å². The fraction of sp³-hybridized carbons (Fsp3) is 0.541. The zero-order valence-electron chi connectivity index (χ0n) is 29.6. The van der Waals surface area contributed by atoms with Gasteiger partial charge in [0, 0.05) is 76.6 Å². The number of aromatic nitrogens is 2. The predicted molar refractivity (Wildman–Crippen MR) is 194 cm³/mol. The lowest BCUT2D eigenvalue weighted by atomic mass is 9.98. The summed E-state index contributed by atoms with van der Waals surface area (Å²) in [5, 5.41) is 8.82. The van der Waals surface area contributed by atoms with Crippen LogP contribution in [-0.4, -0.2) is 108 Å². The zero-order chi connectivity index (χ0) is 35.6. The van der Waals surface area contributed by atoms with Crippen LogP contribution >= 0.6 is 0 Å². The van der Waals surface area contributed by atoms with Crippen LogP contribution < -0.4 is 26.5 Å². The third-order valence-electron chi connectivity index (χ3n) is 9.88. The highest BCUT2D eigenvalue weighted by Crippen LogP contribution is 2.18. The monoisotopic (exact) mass is 688 g/mol. The summed E-state index contributed by atoms with van der Waals surface area (Å²) in [5.74, 6) is -0.842. The number of H-pyrrole nitrogens is 1. The van der Waals surface area contributed by atoms with Gasteiger partial charge in [-0.3, -0.25) is 28.6 Å². The Morgan fingerprint density at radius 3 is 2.38 bits per heavy atom. The van der Waals surface area contributed by atoms with Crippen molar-refractivity contribution in [1.29, 1.82) is 0 Å². The van der Waals surface area contributed by atoms with E-state index >= 15 is 0 Å². The van der Waals surface area contributed by atoms with Gasteiger partial charge in [0.1, 0.15) is 6.04 Å². The number of carbonyl (C=O) groups excluding carboxylic acids is 4. The van der Waals surface area contributed by atoms with Crippen molar-refractivity contribution in [2.24, 2.45) is 5.92 Å². The maximum Gasteiger partial charge on any atom is 0.326 e. The SMILES string of the molecule is CC[C@H](C)[C@@H]1NC(=O)CCCN(C(=O)CN2CCN(c3cccc(C)c3)CC2)CCCNC(=O)c2ccc3[nH]c(=O)n(c3c2)CCCNC1=O. The molecule has 5 rings (SSSR count). The zero-order valence-corrected chi connectivity index (χ0v) is 29.6. The molecule has 270 valence electrons. The van der Waals surface area contributed by atoms with Gasteiger partial charge in [0.2, 0.25) is 17.7 Å². The molecule has 4 N–H and O–H groups in total. The molecule has 2 aliphatic heterocycles. The Balaban J connectivity index is 1.26. The second-order valence-electron chi connectivity index (χ2n) is 13.6. The van der Waals surface area contributed by atoms with E-state index in [0.717, 1.165) is 26.2 Å². The third-order valence-corrected chi connectivity index (χ3v) is 9.88. The highest BCUT2D eigenvalue weighted by Gasteiger charge is 2.26. The summed E-state index contributed by atoms with van der Waals surface area (Å²) >= 11 is 0. The average Bonchev–Trinajstić information content (AvgIpc) is 3.43. The fourth-order valence-corrected chi connectivity index (χ4v) is 6.67. The van der Waals surface area contributed by atoms with E-state index in [1.54, 1.807) is 27.7 Å². The summed E-state index contributed by atoms with van der Waals surface area (Å²) in [4.78, 5) is 74.9. The van der Waals surface area contributed by atoms with E-state index in [1.165, 1.54) is 11.3 Å². The highest BCUT2D eigenvalue weighted by molar-refractivity contribution is 5.97. The molecule has 1 saturated heterocycles. The van der Waals surface area contributed by atoms with Crippen LogP contribution in [0.2, 0.25) is 0 Å². The molecule has 4 amide bonds. The van der Waals surface area contributed by atoms with Gasteiger partial charge >= 0.3 is 5.69 Å². The van der Waals surface area contributed by atoms with Gasteiger partial charge in [-0.25, -0.2) is 4.79 Å². The second kappa shape index (κ2) is 17.3. The Morgan fingerprint density at radius 1 is 0.880 bits per heavy atom. The van der Waals surface area contributed by atoms with E-state index in [-0.39, 0.29) is 48.2 Å². The number of nitrogens with zero attached hydrogens (tertiary/aromatic N) is 4. The molecule has 2 aromatic carbocycles. The quantitative estimate of drug-likeness (QED) is 0.321. The Bertz CT molecular complexity index is 1710. The second-order valence-corrected chi connectivity index (χ2v) is 13.6. The molecule has 13 nitrogen and oxygen atoms in total. The van der Waals surface area contributed by atoms with Crippen molar-refractivity contribution < 1.29 is 19.2 Å². The van der Waals surface area contributed by atoms with Gasteiger partial charge in [0.15, 0.2) is 0 Å². The molecule has 0 radical (unpaired) electrons. The maximum atomic E-state index is 13.7. The molecule has 13 heteroatoms. The van der Waals surface area contributed by atoms with Gasteiger partial charge in [-0.15, -0.1) is 0 Å². The smallest absolute Gasteiger partial charge is 0.326 e. The number of aryl methyl sites for hydroxylation is 2. The minimum absolute atomic E-state index is 0.00753. The summed E-state index contributed by atoms with van der Waals surface area (Å²) in [6.07, 6.45) is 2.37. The van der Waals surface area contributed by atoms with Crippen molar-refractivity contribution in [3.63, 3.8) is 0 Å². The lowest BCUT2D eigenvalue weighted by Crippen LogP contribution is -2.51. The number of anilines is 1. The van der Waals surface area contributed by atoms with Crippen LogP contribution in [0, 0.1) is 12.8 Å². The predicted octanol–water partition coefficient (Wildman–Crippen LogP) is 2.24. The minimum Gasteiger partial charge on any atom is -0.369 e. The van der Waals surface area contributed by atoms with Crippen LogP contribution in [0.4, 0.5) is 5.69 Å². The normalized spacial score (nSPS) is 20.1. The first-order valence-corrected chi connectivity index (χ1v) is 18.0. The Kier molecular flexibility index (Phi) is 12.7. The first-order chi connectivity index (χ1) is 24.1. The molecular formula is C37H52N8O5. The number of hydrogen-bond donors (Lipinski definition) is 4. The molecule has 2 atom stereocenters. The van der Waals surface area contributed by atoms with E-state index < -0.39 is 6.04 Å². The summed E-state index contributed by atoms with van der Waals surface area (Å²) in [6, 6.07) is 12.9. The standard InChI is InChI=1S/C37H52N8O5/c1-4-27(3)34-36(49)39-15-8-18-45-31-24-28(12-13-30(31)40-37(45)50)35(48)38-14-7-17-44(16-6-11-32(46)41-34)33(47)25-42-19-21-43(22-20-42)29-10-5-9-26(2)23-29/h5,9-10,12-13,23-24,27,34H,4,6-8,11,14-22,25H2,1-3H3,(H,38,48)(H,39,49)(H,40,50)(H,41,46)/t27-,34-/m0/s1. The van der Waals surface area contributed by atoms with Gasteiger partial charge in [-0.05, 0) is 68.0 Å². The molecule has 0 aliphatic carbocycles. The van der Waals surface area contributed by atoms with E-state index in [1.807, 2.05) is 13.8 Å². The number of amides is 4. The molecular weight excluding hydrogens is 636 g/mol. The van der Waals surface area contributed by atoms with Crippen molar-refractivity contribution >= 4 is 40.3 Å². The van der Waals surface area contributed by atoms with Crippen molar-refractivity contribution in [2.75, 3.05) is 63.8 Å². The molecule has 1 aromatic heterocycles. The molecule has 0 unspecified atom stereocenters. The molecule has 2 aliphatic rings. The van der Waals surface area contributed by atoms with Crippen LogP contribution in [0.15, 0.2) is 47.3 Å². The van der Waals surface area contributed by atoms with Gasteiger partial charge in [0.05, 0.1) is 17.6 Å². The largest absolute Gasteiger partial charge is 0.369 e. The van der Waals surface area contributed by atoms with Crippen molar-refractivity contribution in [3.8, 4) is 0 Å². The van der Waals surface area contributed by atoms with Crippen molar-refractivity contribution in [3.05, 3.63) is 64.1 Å². The molecule has 0 spiro atoms. The Labute approximate surface area is 293 Å².